The molecule has 0 aromatic carbocycles. The van der Waals surface area contributed by atoms with Gasteiger partial charge < -0.3 is 10.3 Å². The maximum Gasteiger partial charge on any atom is 0.263 e. The van der Waals surface area contributed by atoms with Crippen LogP contribution in [0.25, 0.3) is 22.8 Å². The minimum Gasteiger partial charge on any atom is -0.383 e. The van der Waals surface area contributed by atoms with Gasteiger partial charge in [-0.05, 0) is 11.4 Å². The zero-order valence-corrected chi connectivity index (χ0v) is 9.81. The van der Waals surface area contributed by atoms with Crippen molar-refractivity contribution in [3.05, 3.63) is 23.0 Å². The highest BCUT2D eigenvalue weighted by atomic mass is 32.1. The zero-order valence-electron chi connectivity index (χ0n) is 8.99. The summed E-state index contributed by atoms with van der Waals surface area (Å²) in [6.07, 6.45) is 1.61. The molecule has 0 amide bonds. The van der Waals surface area contributed by atoms with Crippen LogP contribution in [0, 0.1) is 0 Å². The molecular weight excluding hydrogens is 238 g/mol. The monoisotopic (exact) mass is 247 g/mol. The summed E-state index contributed by atoms with van der Waals surface area (Å²) in [5.74, 6) is 1.45. The topological polar surface area (TPSA) is 82.8 Å². The molecule has 0 atom stereocenters. The molecule has 0 bridgehead atoms. The Morgan fingerprint density at radius 2 is 2.35 bits per heavy atom. The van der Waals surface area contributed by atoms with E-state index in [9.17, 15) is 0 Å². The molecule has 3 aromatic heterocycles. The number of thiophene rings is 1. The first-order valence-electron chi connectivity index (χ1n) is 4.90. The summed E-state index contributed by atoms with van der Waals surface area (Å²) in [5, 5.41) is 11.9. The van der Waals surface area contributed by atoms with Gasteiger partial charge in [-0.25, -0.2) is 0 Å². The molecule has 2 N–H and O–H groups in total. The van der Waals surface area contributed by atoms with Gasteiger partial charge in [-0.1, -0.05) is 5.16 Å². The van der Waals surface area contributed by atoms with Gasteiger partial charge in [-0.2, -0.15) is 21.4 Å². The largest absolute Gasteiger partial charge is 0.383 e. The van der Waals surface area contributed by atoms with Crippen LogP contribution in [-0.2, 0) is 7.05 Å². The van der Waals surface area contributed by atoms with Crippen LogP contribution in [-0.4, -0.2) is 19.9 Å². The van der Waals surface area contributed by atoms with Gasteiger partial charge in [0.1, 0.15) is 11.4 Å². The van der Waals surface area contributed by atoms with Crippen molar-refractivity contribution in [2.45, 2.75) is 0 Å². The normalized spacial score (nSPS) is 10.9. The first kappa shape index (κ1) is 10.0. The number of aromatic nitrogens is 4. The van der Waals surface area contributed by atoms with Crippen molar-refractivity contribution in [1.29, 1.82) is 0 Å². The van der Waals surface area contributed by atoms with Gasteiger partial charge in [0.25, 0.3) is 5.89 Å². The molecule has 0 saturated carbocycles. The third kappa shape index (κ3) is 1.60. The van der Waals surface area contributed by atoms with E-state index in [2.05, 4.69) is 15.2 Å². The summed E-state index contributed by atoms with van der Waals surface area (Å²) in [4.78, 5) is 4.29. The van der Waals surface area contributed by atoms with Gasteiger partial charge in [-0.3, -0.25) is 4.68 Å². The fourth-order valence-electron chi connectivity index (χ4n) is 1.45. The van der Waals surface area contributed by atoms with Gasteiger partial charge >= 0.3 is 0 Å². The van der Waals surface area contributed by atoms with E-state index in [0.29, 0.717) is 23.1 Å². The van der Waals surface area contributed by atoms with E-state index < -0.39 is 0 Å². The van der Waals surface area contributed by atoms with Crippen LogP contribution in [0.5, 0.6) is 0 Å². The first-order valence-corrected chi connectivity index (χ1v) is 5.84. The van der Waals surface area contributed by atoms with Gasteiger partial charge in [0.2, 0.25) is 5.82 Å². The third-order valence-electron chi connectivity index (χ3n) is 2.42. The van der Waals surface area contributed by atoms with Gasteiger partial charge in [0, 0.05) is 18.0 Å². The molecule has 0 aliphatic heterocycles. The third-order valence-corrected chi connectivity index (χ3v) is 3.10. The van der Waals surface area contributed by atoms with Crippen molar-refractivity contribution in [3.63, 3.8) is 0 Å². The van der Waals surface area contributed by atoms with Crippen LogP contribution in [0.15, 0.2) is 27.5 Å². The number of rotatable bonds is 2. The Balaban J connectivity index is 2.04. The maximum absolute atomic E-state index is 5.84. The molecule has 0 spiro atoms. The average molecular weight is 247 g/mol. The Bertz CT molecular complexity index is 640. The standard InChI is InChI=1S/C10H9N5OS/c1-15-8(11)7(4-12-15)10-13-9(14-16-10)6-2-3-17-5-6/h2-5H,11H2,1H3. The smallest absolute Gasteiger partial charge is 0.263 e. The fourth-order valence-corrected chi connectivity index (χ4v) is 2.09. The molecule has 0 fully saturated rings. The molecular formula is C10H9N5OS. The Kier molecular flexibility index (Phi) is 2.19. The van der Waals surface area contributed by atoms with Crippen molar-refractivity contribution >= 4 is 17.2 Å². The van der Waals surface area contributed by atoms with Crippen LogP contribution < -0.4 is 5.73 Å². The second-order valence-electron chi connectivity index (χ2n) is 3.50. The number of hydrogen-bond donors (Lipinski definition) is 1. The molecule has 0 saturated heterocycles. The van der Waals surface area contributed by atoms with Crippen molar-refractivity contribution < 1.29 is 4.52 Å². The molecule has 3 aromatic rings. The van der Waals surface area contributed by atoms with Crippen LogP contribution in [0.1, 0.15) is 0 Å². The van der Waals surface area contributed by atoms with Crippen LogP contribution >= 0.6 is 11.3 Å². The predicted molar refractivity (Wildman–Crippen MR) is 64.2 cm³/mol. The number of anilines is 1. The quantitative estimate of drug-likeness (QED) is 0.746. The van der Waals surface area contributed by atoms with E-state index in [-0.39, 0.29) is 0 Å². The Morgan fingerprint density at radius 3 is 3.00 bits per heavy atom. The highest BCUT2D eigenvalue weighted by Crippen LogP contribution is 2.26. The van der Waals surface area contributed by atoms with E-state index in [1.54, 1.807) is 29.3 Å². The molecule has 0 aliphatic carbocycles. The van der Waals surface area contributed by atoms with Gasteiger partial charge in [0.15, 0.2) is 0 Å². The molecule has 86 valence electrons. The van der Waals surface area contributed by atoms with Crippen molar-refractivity contribution in [3.8, 4) is 22.8 Å². The van der Waals surface area contributed by atoms with Crippen LogP contribution in [0.2, 0.25) is 0 Å². The molecule has 6 nitrogen and oxygen atoms in total. The summed E-state index contributed by atoms with van der Waals surface area (Å²) < 4.78 is 6.74. The summed E-state index contributed by atoms with van der Waals surface area (Å²) in [5.41, 5.74) is 7.43. The maximum atomic E-state index is 5.84. The van der Waals surface area contributed by atoms with Gasteiger partial charge in [0.05, 0.1) is 6.20 Å². The van der Waals surface area contributed by atoms with E-state index in [1.807, 2.05) is 16.8 Å². The van der Waals surface area contributed by atoms with Crippen LogP contribution in [0.4, 0.5) is 5.82 Å². The highest BCUT2D eigenvalue weighted by molar-refractivity contribution is 7.08. The van der Waals surface area contributed by atoms with E-state index >= 15 is 0 Å². The summed E-state index contributed by atoms with van der Waals surface area (Å²) in [6, 6.07) is 1.94. The molecule has 3 heterocycles. The molecule has 0 aliphatic rings. The summed E-state index contributed by atoms with van der Waals surface area (Å²) in [7, 11) is 1.76. The SMILES string of the molecule is Cn1ncc(-c2nc(-c3ccsc3)no2)c1N. The second-order valence-corrected chi connectivity index (χ2v) is 4.28. The lowest BCUT2D eigenvalue weighted by Crippen LogP contribution is -1.98. The molecule has 17 heavy (non-hydrogen) atoms. The molecule has 0 unspecified atom stereocenters. The second kappa shape index (κ2) is 3.70. The van der Waals surface area contributed by atoms with E-state index in [0.717, 1.165) is 5.56 Å². The Hall–Kier alpha value is -2.15. The molecule has 7 heteroatoms. The molecule has 0 radical (unpaired) electrons. The van der Waals surface area contributed by atoms with Crippen molar-refractivity contribution in [2.75, 3.05) is 5.73 Å². The lowest BCUT2D eigenvalue weighted by atomic mass is 10.3. The number of nitrogens with zero attached hydrogens (tertiary/aromatic N) is 4. The van der Waals surface area contributed by atoms with Gasteiger partial charge in [-0.15, -0.1) is 0 Å². The van der Waals surface area contributed by atoms with Crippen molar-refractivity contribution in [1.82, 2.24) is 19.9 Å². The average Bonchev–Trinajstić information content (AvgIpc) is 3.01. The number of nitrogens with two attached hydrogens (primary N) is 1. The lowest BCUT2D eigenvalue weighted by Gasteiger charge is -1.93. The van der Waals surface area contributed by atoms with Crippen molar-refractivity contribution in [2.24, 2.45) is 7.05 Å². The fraction of sp³-hybridized carbons (Fsp3) is 0.100. The minimum absolute atomic E-state index is 0.386. The zero-order chi connectivity index (χ0) is 11.8. The molecule has 3 rings (SSSR count). The van der Waals surface area contributed by atoms with Crippen LogP contribution in [0.3, 0.4) is 0 Å². The Morgan fingerprint density at radius 1 is 1.47 bits per heavy atom. The Labute approximate surface area is 101 Å². The summed E-state index contributed by atoms with van der Waals surface area (Å²) in [6.45, 7) is 0. The summed E-state index contributed by atoms with van der Waals surface area (Å²) >= 11 is 1.58. The predicted octanol–water partition coefficient (Wildman–Crippen LogP) is 1.78. The number of nitrogen functional groups attached to an aromatic ring is 1. The highest BCUT2D eigenvalue weighted by Gasteiger charge is 2.15. The van der Waals surface area contributed by atoms with E-state index in [1.165, 1.54) is 0 Å². The lowest BCUT2D eigenvalue weighted by molar-refractivity contribution is 0.432. The number of aryl methyl sites for hydroxylation is 1. The first-order chi connectivity index (χ1) is 8.25. The van der Waals surface area contributed by atoms with E-state index in [4.69, 9.17) is 10.3 Å². The number of hydrogen-bond acceptors (Lipinski definition) is 6. The minimum atomic E-state index is 0.386.